The lowest BCUT2D eigenvalue weighted by atomic mass is 9.97. The summed E-state index contributed by atoms with van der Waals surface area (Å²) in [6.45, 7) is 11.8. The summed E-state index contributed by atoms with van der Waals surface area (Å²) in [5.41, 5.74) is 0.308. The predicted octanol–water partition coefficient (Wildman–Crippen LogP) is 1.79. The van der Waals surface area contributed by atoms with Crippen molar-refractivity contribution >= 4 is 0 Å². The van der Waals surface area contributed by atoms with Gasteiger partial charge in [0.25, 0.3) is 0 Å². The summed E-state index contributed by atoms with van der Waals surface area (Å²) in [5, 5.41) is 3.71. The number of nitrogens with zero attached hydrogens (tertiary/aromatic N) is 2. The molecule has 0 bridgehead atoms. The van der Waals surface area contributed by atoms with Crippen LogP contribution in [0, 0.1) is 0 Å². The van der Waals surface area contributed by atoms with Gasteiger partial charge in [0.05, 0.1) is 0 Å². The maximum atomic E-state index is 3.71. The van der Waals surface area contributed by atoms with Gasteiger partial charge >= 0.3 is 0 Å². The quantitative estimate of drug-likeness (QED) is 0.792. The van der Waals surface area contributed by atoms with Gasteiger partial charge in [-0.05, 0) is 66.8 Å². The maximum absolute atomic E-state index is 3.71. The number of hydrogen-bond acceptors (Lipinski definition) is 3. The van der Waals surface area contributed by atoms with Crippen molar-refractivity contribution in [1.29, 1.82) is 0 Å². The van der Waals surface area contributed by atoms with Crippen LogP contribution in [0.15, 0.2) is 0 Å². The van der Waals surface area contributed by atoms with Gasteiger partial charge in [0, 0.05) is 18.1 Å². The van der Waals surface area contributed by atoms with Crippen LogP contribution in [-0.4, -0.2) is 61.7 Å². The zero-order valence-corrected chi connectivity index (χ0v) is 12.4. The Morgan fingerprint density at radius 3 is 2.71 bits per heavy atom. The van der Waals surface area contributed by atoms with Crippen LogP contribution in [0.5, 0.6) is 0 Å². The van der Waals surface area contributed by atoms with Gasteiger partial charge in [0.2, 0.25) is 0 Å². The van der Waals surface area contributed by atoms with Crippen molar-refractivity contribution in [1.82, 2.24) is 15.1 Å². The van der Waals surface area contributed by atoms with E-state index in [1.54, 1.807) is 0 Å². The second-order valence-corrected chi connectivity index (χ2v) is 6.11. The van der Waals surface area contributed by atoms with Crippen LogP contribution in [0.25, 0.3) is 0 Å². The van der Waals surface area contributed by atoms with E-state index in [9.17, 15) is 0 Å². The van der Waals surface area contributed by atoms with Crippen LogP contribution in [0.1, 0.15) is 40.0 Å². The zero-order valence-electron chi connectivity index (χ0n) is 12.4. The second kappa shape index (κ2) is 6.72. The highest BCUT2D eigenvalue weighted by Crippen LogP contribution is 2.18. The first kappa shape index (κ1) is 14.9. The van der Waals surface area contributed by atoms with Crippen molar-refractivity contribution in [3.05, 3.63) is 0 Å². The first-order valence-electron chi connectivity index (χ1n) is 7.10. The fourth-order valence-electron chi connectivity index (χ4n) is 2.50. The van der Waals surface area contributed by atoms with Gasteiger partial charge in [-0.15, -0.1) is 0 Å². The monoisotopic (exact) mass is 241 g/mol. The summed E-state index contributed by atoms with van der Waals surface area (Å²) >= 11 is 0. The smallest absolute Gasteiger partial charge is 0.0277 e. The summed E-state index contributed by atoms with van der Waals surface area (Å²) in [5.74, 6) is 0. The highest BCUT2D eigenvalue weighted by atomic mass is 15.2. The number of nitrogens with one attached hydrogen (secondary N) is 1. The molecule has 1 aliphatic heterocycles. The van der Waals surface area contributed by atoms with Gasteiger partial charge in [-0.1, -0.05) is 6.92 Å². The Kier molecular flexibility index (Phi) is 5.90. The molecule has 0 saturated carbocycles. The highest BCUT2D eigenvalue weighted by Gasteiger charge is 2.28. The zero-order chi connectivity index (χ0) is 12.9. The largest absolute Gasteiger partial charge is 0.310 e. The molecule has 0 spiro atoms. The Bertz CT molecular complexity index is 218. The molecule has 1 fully saturated rings. The van der Waals surface area contributed by atoms with Gasteiger partial charge < -0.3 is 10.2 Å². The van der Waals surface area contributed by atoms with E-state index in [1.165, 1.54) is 45.4 Å². The molecule has 0 aliphatic carbocycles. The van der Waals surface area contributed by atoms with Crippen LogP contribution in [0.3, 0.4) is 0 Å². The third kappa shape index (κ3) is 4.94. The molecule has 1 N–H and O–H groups in total. The molecule has 0 aromatic heterocycles. The van der Waals surface area contributed by atoms with Gasteiger partial charge in [0.15, 0.2) is 0 Å². The molecular formula is C14H31N3. The first-order chi connectivity index (χ1) is 7.97. The summed E-state index contributed by atoms with van der Waals surface area (Å²) in [6.07, 6.45) is 3.76. The van der Waals surface area contributed by atoms with Crippen LogP contribution >= 0.6 is 0 Å². The van der Waals surface area contributed by atoms with Crippen LogP contribution in [0.4, 0.5) is 0 Å². The first-order valence-corrected chi connectivity index (χ1v) is 7.10. The Labute approximate surface area is 108 Å². The summed E-state index contributed by atoms with van der Waals surface area (Å²) < 4.78 is 0. The summed E-state index contributed by atoms with van der Waals surface area (Å²) in [4.78, 5) is 4.96. The van der Waals surface area contributed by atoms with E-state index in [-0.39, 0.29) is 0 Å². The Morgan fingerprint density at radius 2 is 2.12 bits per heavy atom. The third-order valence-electron chi connectivity index (χ3n) is 4.12. The molecule has 102 valence electrons. The van der Waals surface area contributed by atoms with Gasteiger partial charge in [-0.3, -0.25) is 4.90 Å². The molecule has 2 unspecified atom stereocenters. The molecule has 0 radical (unpaired) electrons. The molecule has 1 aliphatic rings. The van der Waals surface area contributed by atoms with Crippen molar-refractivity contribution in [2.24, 2.45) is 0 Å². The Morgan fingerprint density at radius 1 is 1.41 bits per heavy atom. The average molecular weight is 241 g/mol. The van der Waals surface area contributed by atoms with Gasteiger partial charge in [-0.25, -0.2) is 0 Å². The van der Waals surface area contributed by atoms with E-state index in [1.807, 2.05) is 0 Å². The second-order valence-electron chi connectivity index (χ2n) is 6.11. The minimum atomic E-state index is 0.308. The Hall–Kier alpha value is -0.120. The normalized spacial score (nSPS) is 29.3. The molecule has 3 nitrogen and oxygen atoms in total. The fourth-order valence-corrected chi connectivity index (χ4v) is 2.50. The van der Waals surface area contributed by atoms with E-state index >= 15 is 0 Å². The topological polar surface area (TPSA) is 18.5 Å². The molecule has 1 heterocycles. The molecule has 0 aromatic rings. The lowest BCUT2D eigenvalue weighted by Gasteiger charge is -2.36. The fraction of sp³-hybridized carbons (Fsp3) is 1.00. The van der Waals surface area contributed by atoms with E-state index in [0.29, 0.717) is 11.6 Å². The van der Waals surface area contributed by atoms with Crippen molar-refractivity contribution in [3.63, 3.8) is 0 Å². The van der Waals surface area contributed by atoms with Crippen molar-refractivity contribution in [2.45, 2.75) is 51.6 Å². The minimum absolute atomic E-state index is 0.308. The van der Waals surface area contributed by atoms with Crippen LogP contribution in [0.2, 0.25) is 0 Å². The molecule has 17 heavy (non-hydrogen) atoms. The van der Waals surface area contributed by atoms with Crippen LogP contribution in [-0.2, 0) is 0 Å². The molecule has 2 atom stereocenters. The predicted molar refractivity (Wildman–Crippen MR) is 75.5 cm³/mol. The van der Waals surface area contributed by atoms with E-state index in [2.05, 4.69) is 50.0 Å². The molecule has 1 saturated heterocycles. The molecular weight excluding hydrogens is 210 g/mol. The highest BCUT2D eigenvalue weighted by molar-refractivity contribution is 4.89. The summed E-state index contributed by atoms with van der Waals surface area (Å²) in [7, 11) is 4.32. The molecule has 0 amide bonds. The maximum Gasteiger partial charge on any atom is 0.0277 e. The Balaban J connectivity index is 2.50. The number of rotatable bonds is 5. The van der Waals surface area contributed by atoms with Gasteiger partial charge in [-0.2, -0.15) is 0 Å². The van der Waals surface area contributed by atoms with Crippen LogP contribution < -0.4 is 5.32 Å². The average Bonchev–Trinajstić information content (AvgIpc) is 2.49. The van der Waals surface area contributed by atoms with Gasteiger partial charge in [0.1, 0.15) is 0 Å². The molecule has 0 aromatic carbocycles. The van der Waals surface area contributed by atoms with E-state index in [4.69, 9.17) is 0 Å². The standard InChI is InChI=1S/C14H31N3/c1-6-14(3)12-17(10-7-9-15-14)13(2)8-11-16(4)5/h13,15H,6-12H2,1-5H3. The van der Waals surface area contributed by atoms with E-state index in [0.717, 1.165) is 0 Å². The van der Waals surface area contributed by atoms with Crippen molar-refractivity contribution in [2.75, 3.05) is 40.3 Å². The van der Waals surface area contributed by atoms with Crippen molar-refractivity contribution < 1.29 is 0 Å². The third-order valence-corrected chi connectivity index (χ3v) is 4.12. The summed E-state index contributed by atoms with van der Waals surface area (Å²) in [6, 6.07) is 0.697. The minimum Gasteiger partial charge on any atom is -0.310 e. The molecule has 1 rings (SSSR count). The lowest BCUT2D eigenvalue weighted by Crippen LogP contribution is -2.50. The lowest BCUT2D eigenvalue weighted by molar-refractivity contribution is 0.155. The van der Waals surface area contributed by atoms with E-state index < -0.39 is 0 Å². The number of hydrogen-bond donors (Lipinski definition) is 1. The SMILES string of the molecule is CCC1(C)CN(C(C)CCN(C)C)CCCN1. The van der Waals surface area contributed by atoms with Crippen molar-refractivity contribution in [3.8, 4) is 0 Å². The molecule has 3 heteroatoms.